The Kier molecular flexibility index (Phi) is 5.99. The zero-order valence-electron chi connectivity index (χ0n) is 17.8. The summed E-state index contributed by atoms with van der Waals surface area (Å²) < 4.78 is 12.9. The summed E-state index contributed by atoms with van der Waals surface area (Å²) in [4.78, 5) is 26.7. The van der Waals surface area contributed by atoms with Crippen LogP contribution in [0.4, 0.5) is 0 Å². The van der Waals surface area contributed by atoms with E-state index in [0.717, 1.165) is 38.2 Å². The highest BCUT2D eigenvalue weighted by molar-refractivity contribution is 5.69. The number of likely N-dealkylation sites (tertiary alicyclic amines) is 1. The molecule has 2 aliphatic rings. The molecule has 8 heteroatoms. The monoisotopic (exact) mass is 423 g/mol. The van der Waals surface area contributed by atoms with Crippen LogP contribution in [-0.2, 0) is 17.8 Å². The number of nitrogens with one attached hydrogen (secondary N) is 1. The molecule has 0 bridgehead atoms. The first-order chi connectivity index (χ1) is 15.2. The van der Waals surface area contributed by atoms with Crippen molar-refractivity contribution in [3.05, 3.63) is 52.1 Å². The lowest BCUT2D eigenvalue weighted by atomic mass is 10.0. The van der Waals surface area contributed by atoms with E-state index in [1.54, 1.807) is 10.8 Å². The topological polar surface area (TPSA) is 85.3 Å². The Hall–Kier alpha value is -2.71. The largest absolute Gasteiger partial charge is 0.463 e. The number of imidazole rings is 1. The van der Waals surface area contributed by atoms with E-state index in [1.165, 1.54) is 31.5 Å². The fourth-order valence-corrected chi connectivity index (χ4v) is 4.46. The zero-order valence-corrected chi connectivity index (χ0v) is 17.8. The predicted octanol–water partition coefficient (Wildman–Crippen LogP) is 2.57. The van der Waals surface area contributed by atoms with Crippen LogP contribution in [0.2, 0.25) is 0 Å². The minimum Gasteiger partial charge on any atom is -0.463 e. The number of nitrogens with zero attached hydrogens (tertiary/aromatic N) is 4. The van der Waals surface area contributed by atoms with Crippen molar-refractivity contribution < 1.29 is 9.47 Å². The molecule has 0 spiro atoms. The maximum atomic E-state index is 12.6. The zero-order chi connectivity index (χ0) is 21.0. The van der Waals surface area contributed by atoms with Gasteiger partial charge in [0.25, 0.3) is 0 Å². The van der Waals surface area contributed by atoms with E-state index in [9.17, 15) is 4.79 Å². The molecular formula is C23H29N5O3. The van der Waals surface area contributed by atoms with Gasteiger partial charge < -0.3 is 14.5 Å². The second kappa shape index (κ2) is 9.20. The SMILES string of the molecule is O=c1[nH]c2cnc(OCC3CCOCC3)nc2n1Cc1cccc(CN2CCCC2)c1. The summed E-state index contributed by atoms with van der Waals surface area (Å²) in [5.41, 5.74) is 3.38. The molecule has 1 aromatic carbocycles. The van der Waals surface area contributed by atoms with Crippen LogP contribution in [0.1, 0.15) is 36.8 Å². The Morgan fingerprint density at radius 1 is 1.13 bits per heavy atom. The van der Waals surface area contributed by atoms with Gasteiger partial charge in [0.1, 0.15) is 5.52 Å². The van der Waals surface area contributed by atoms with Crippen molar-refractivity contribution in [1.82, 2.24) is 24.4 Å². The second-order valence-corrected chi connectivity index (χ2v) is 8.58. The lowest BCUT2D eigenvalue weighted by Crippen LogP contribution is -2.22. The molecule has 2 saturated heterocycles. The molecule has 0 unspecified atom stereocenters. The fourth-order valence-electron chi connectivity index (χ4n) is 4.46. The van der Waals surface area contributed by atoms with E-state index >= 15 is 0 Å². The average Bonchev–Trinajstić information content (AvgIpc) is 3.41. The molecular weight excluding hydrogens is 394 g/mol. The van der Waals surface area contributed by atoms with Gasteiger partial charge in [0.15, 0.2) is 5.65 Å². The molecule has 4 heterocycles. The van der Waals surface area contributed by atoms with Crippen LogP contribution in [0.5, 0.6) is 6.01 Å². The van der Waals surface area contributed by atoms with Gasteiger partial charge >= 0.3 is 11.7 Å². The first-order valence-corrected chi connectivity index (χ1v) is 11.2. The highest BCUT2D eigenvalue weighted by atomic mass is 16.5. The van der Waals surface area contributed by atoms with Crippen molar-refractivity contribution in [3.8, 4) is 6.01 Å². The minimum absolute atomic E-state index is 0.184. The van der Waals surface area contributed by atoms with Crippen LogP contribution < -0.4 is 10.4 Å². The molecule has 3 aromatic rings. The molecule has 2 aliphatic heterocycles. The fraction of sp³-hybridized carbons (Fsp3) is 0.522. The summed E-state index contributed by atoms with van der Waals surface area (Å²) in [6.45, 7) is 5.89. The van der Waals surface area contributed by atoms with E-state index in [2.05, 4.69) is 44.1 Å². The Labute approximate surface area is 181 Å². The third-order valence-electron chi connectivity index (χ3n) is 6.21. The van der Waals surface area contributed by atoms with Gasteiger partial charge in [0, 0.05) is 19.8 Å². The van der Waals surface area contributed by atoms with E-state index < -0.39 is 0 Å². The highest BCUT2D eigenvalue weighted by Gasteiger charge is 2.17. The van der Waals surface area contributed by atoms with Gasteiger partial charge in [-0.3, -0.25) is 9.47 Å². The average molecular weight is 424 g/mol. The van der Waals surface area contributed by atoms with Crippen molar-refractivity contribution in [3.63, 3.8) is 0 Å². The van der Waals surface area contributed by atoms with Crippen LogP contribution >= 0.6 is 0 Å². The van der Waals surface area contributed by atoms with Crippen LogP contribution in [-0.4, -0.2) is 57.3 Å². The molecule has 0 atom stereocenters. The molecule has 8 nitrogen and oxygen atoms in total. The summed E-state index contributed by atoms with van der Waals surface area (Å²) in [5, 5.41) is 0. The summed E-state index contributed by atoms with van der Waals surface area (Å²) in [6.07, 6.45) is 6.17. The molecule has 0 radical (unpaired) electrons. The third-order valence-corrected chi connectivity index (χ3v) is 6.21. The van der Waals surface area contributed by atoms with Gasteiger partial charge in [-0.15, -0.1) is 0 Å². The first kappa shape index (κ1) is 20.2. The number of hydrogen-bond acceptors (Lipinski definition) is 6. The van der Waals surface area contributed by atoms with Gasteiger partial charge in [-0.1, -0.05) is 24.3 Å². The van der Waals surface area contributed by atoms with E-state index in [-0.39, 0.29) is 5.69 Å². The Morgan fingerprint density at radius 2 is 1.90 bits per heavy atom. The quantitative estimate of drug-likeness (QED) is 0.629. The lowest BCUT2D eigenvalue weighted by molar-refractivity contribution is 0.0483. The Balaban J connectivity index is 1.33. The number of hydrogen-bond donors (Lipinski definition) is 1. The van der Waals surface area contributed by atoms with Crippen LogP contribution in [0.25, 0.3) is 11.2 Å². The minimum atomic E-state index is -0.184. The van der Waals surface area contributed by atoms with Crippen molar-refractivity contribution in [2.24, 2.45) is 5.92 Å². The van der Waals surface area contributed by atoms with Crippen molar-refractivity contribution in [2.45, 2.75) is 38.8 Å². The summed E-state index contributed by atoms with van der Waals surface area (Å²) in [7, 11) is 0. The molecule has 2 aromatic heterocycles. The first-order valence-electron chi connectivity index (χ1n) is 11.2. The Bertz CT molecular complexity index is 1080. The highest BCUT2D eigenvalue weighted by Crippen LogP contribution is 2.18. The molecule has 5 rings (SSSR count). The van der Waals surface area contributed by atoms with Crippen LogP contribution in [0.15, 0.2) is 35.3 Å². The molecule has 31 heavy (non-hydrogen) atoms. The van der Waals surface area contributed by atoms with Gasteiger partial charge in [0.2, 0.25) is 0 Å². The van der Waals surface area contributed by atoms with Gasteiger partial charge in [0.05, 0.1) is 19.3 Å². The number of aromatic amines is 1. The predicted molar refractivity (Wildman–Crippen MR) is 117 cm³/mol. The Morgan fingerprint density at radius 3 is 2.71 bits per heavy atom. The lowest BCUT2D eigenvalue weighted by Gasteiger charge is -2.21. The van der Waals surface area contributed by atoms with Crippen LogP contribution in [0, 0.1) is 5.92 Å². The number of H-pyrrole nitrogens is 1. The number of fused-ring (bicyclic) bond motifs is 1. The van der Waals surface area contributed by atoms with Crippen molar-refractivity contribution in [1.29, 1.82) is 0 Å². The summed E-state index contributed by atoms with van der Waals surface area (Å²) in [5.74, 6) is 0.458. The van der Waals surface area contributed by atoms with Crippen LogP contribution in [0.3, 0.4) is 0 Å². The summed E-state index contributed by atoms with van der Waals surface area (Å²) >= 11 is 0. The van der Waals surface area contributed by atoms with Crippen molar-refractivity contribution >= 4 is 11.2 Å². The number of aromatic nitrogens is 4. The maximum absolute atomic E-state index is 12.6. The summed E-state index contributed by atoms with van der Waals surface area (Å²) in [6, 6.07) is 8.78. The molecule has 2 fully saturated rings. The molecule has 0 saturated carbocycles. The van der Waals surface area contributed by atoms with Gasteiger partial charge in [-0.05, 0) is 55.8 Å². The number of ether oxygens (including phenoxy) is 2. The van der Waals surface area contributed by atoms with Crippen molar-refractivity contribution in [2.75, 3.05) is 32.9 Å². The second-order valence-electron chi connectivity index (χ2n) is 8.58. The normalized spacial score (nSPS) is 18.1. The van der Waals surface area contributed by atoms with E-state index in [1.807, 2.05) is 0 Å². The van der Waals surface area contributed by atoms with Gasteiger partial charge in [-0.25, -0.2) is 9.78 Å². The van der Waals surface area contributed by atoms with E-state index in [4.69, 9.17) is 9.47 Å². The maximum Gasteiger partial charge on any atom is 0.328 e. The standard InChI is InChI=1S/C23H29N5O3/c29-23-25-20-13-24-22(31-16-17-6-10-30-11-7-17)26-21(20)28(23)15-19-5-3-4-18(12-19)14-27-8-1-2-9-27/h3-5,12-13,17H,1-2,6-11,14-16H2,(H,25,29). The van der Waals surface area contributed by atoms with E-state index in [0.29, 0.717) is 36.2 Å². The smallest absolute Gasteiger partial charge is 0.328 e. The third kappa shape index (κ3) is 4.80. The molecule has 0 amide bonds. The molecule has 164 valence electrons. The number of rotatable bonds is 7. The van der Waals surface area contributed by atoms with Gasteiger partial charge in [-0.2, -0.15) is 4.98 Å². The molecule has 0 aliphatic carbocycles. The number of benzene rings is 1. The molecule has 1 N–H and O–H groups in total.